The van der Waals surface area contributed by atoms with E-state index in [9.17, 15) is 9.90 Å². The third-order valence-electron chi connectivity index (χ3n) is 1.63. The SMILES string of the molecule is O=C(O)C1(O)C=CC(O)=CC1O. The topological polar surface area (TPSA) is 98.0 Å². The van der Waals surface area contributed by atoms with Gasteiger partial charge in [-0.2, -0.15) is 0 Å². The molecule has 0 amide bonds. The number of rotatable bonds is 1. The van der Waals surface area contributed by atoms with Crippen molar-refractivity contribution in [2.24, 2.45) is 0 Å². The van der Waals surface area contributed by atoms with Gasteiger partial charge in [-0.05, 0) is 18.2 Å². The van der Waals surface area contributed by atoms with Crippen LogP contribution in [0, 0.1) is 0 Å². The summed E-state index contributed by atoms with van der Waals surface area (Å²) in [5, 5.41) is 35.6. The van der Waals surface area contributed by atoms with Crippen LogP contribution in [-0.2, 0) is 4.79 Å². The second-order valence-electron chi connectivity index (χ2n) is 2.50. The Morgan fingerprint density at radius 3 is 2.58 bits per heavy atom. The lowest BCUT2D eigenvalue weighted by atomic mass is 9.92. The average Bonchev–Trinajstić information content (AvgIpc) is 1.97. The number of aliphatic hydroxyl groups is 3. The van der Waals surface area contributed by atoms with Crippen LogP contribution in [0.15, 0.2) is 24.0 Å². The zero-order valence-electron chi connectivity index (χ0n) is 6.01. The third-order valence-corrected chi connectivity index (χ3v) is 1.63. The van der Waals surface area contributed by atoms with Gasteiger partial charge in [0.25, 0.3) is 0 Å². The highest BCUT2D eigenvalue weighted by atomic mass is 16.4. The van der Waals surface area contributed by atoms with Gasteiger partial charge in [0.2, 0.25) is 5.60 Å². The van der Waals surface area contributed by atoms with E-state index in [-0.39, 0.29) is 5.76 Å². The van der Waals surface area contributed by atoms with Gasteiger partial charge in [0.05, 0.1) is 0 Å². The summed E-state index contributed by atoms with van der Waals surface area (Å²) < 4.78 is 0. The van der Waals surface area contributed by atoms with E-state index >= 15 is 0 Å². The fourth-order valence-corrected chi connectivity index (χ4v) is 0.853. The fraction of sp³-hybridized carbons (Fsp3) is 0.286. The van der Waals surface area contributed by atoms with Gasteiger partial charge in [0.1, 0.15) is 11.9 Å². The first-order chi connectivity index (χ1) is 5.47. The highest BCUT2D eigenvalue weighted by molar-refractivity contribution is 5.81. The Balaban J connectivity index is 2.99. The fourth-order valence-electron chi connectivity index (χ4n) is 0.853. The molecule has 0 spiro atoms. The van der Waals surface area contributed by atoms with Gasteiger partial charge in [-0.25, -0.2) is 4.79 Å². The highest BCUT2D eigenvalue weighted by Crippen LogP contribution is 2.20. The molecule has 0 bridgehead atoms. The number of aliphatic carboxylic acids is 1. The highest BCUT2D eigenvalue weighted by Gasteiger charge is 2.42. The van der Waals surface area contributed by atoms with Crippen molar-refractivity contribution in [3.8, 4) is 0 Å². The molecule has 4 N–H and O–H groups in total. The molecule has 66 valence electrons. The first-order valence-corrected chi connectivity index (χ1v) is 3.20. The monoisotopic (exact) mass is 172 g/mol. The summed E-state index contributed by atoms with van der Waals surface area (Å²) in [5.74, 6) is -1.83. The Bertz CT molecular complexity index is 267. The van der Waals surface area contributed by atoms with Crippen molar-refractivity contribution in [3.63, 3.8) is 0 Å². The molecule has 1 aliphatic rings. The number of allylic oxidation sites excluding steroid dienone is 1. The third kappa shape index (κ3) is 1.19. The van der Waals surface area contributed by atoms with Crippen molar-refractivity contribution in [3.05, 3.63) is 24.0 Å². The number of aliphatic hydroxyl groups excluding tert-OH is 2. The van der Waals surface area contributed by atoms with Crippen molar-refractivity contribution in [2.45, 2.75) is 11.7 Å². The molecule has 0 aromatic heterocycles. The smallest absolute Gasteiger partial charge is 0.342 e. The van der Waals surface area contributed by atoms with E-state index in [1.807, 2.05) is 0 Å². The molecule has 0 aromatic rings. The van der Waals surface area contributed by atoms with Gasteiger partial charge in [-0.1, -0.05) is 0 Å². The predicted octanol–water partition coefficient (Wildman–Crippen LogP) is -0.825. The van der Waals surface area contributed by atoms with Crippen molar-refractivity contribution in [1.82, 2.24) is 0 Å². The summed E-state index contributed by atoms with van der Waals surface area (Å²) in [7, 11) is 0. The normalized spacial score (nSPS) is 34.5. The van der Waals surface area contributed by atoms with Crippen LogP contribution in [0.1, 0.15) is 0 Å². The maximum Gasteiger partial charge on any atom is 0.342 e. The Labute approximate surface area is 67.9 Å². The molecule has 0 heterocycles. The minimum atomic E-state index is -2.33. The van der Waals surface area contributed by atoms with Crippen LogP contribution in [0.2, 0.25) is 0 Å². The summed E-state index contributed by atoms with van der Waals surface area (Å²) in [6.45, 7) is 0. The molecule has 0 radical (unpaired) electrons. The van der Waals surface area contributed by atoms with Crippen LogP contribution >= 0.6 is 0 Å². The quantitative estimate of drug-likeness (QED) is 0.414. The summed E-state index contributed by atoms with van der Waals surface area (Å²) in [5.41, 5.74) is -2.33. The molecule has 5 heteroatoms. The largest absolute Gasteiger partial charge is 0.508 e. The van der Waals surface area contributed by atoms with E-state index in [0.717, 1.165) is 18.2 Å². The van der Waals surface area contributed by atoms with Gasteiger partial charge in [-0.3, -0.25) is 0 Å². The molecular formula is C7H8O5. The van der Waals surface area contributed by atoms with Crippen LogP contribution in [0.3, 0.4) is 0 Å². The van der Waals surface area contributed by atoms with Crippen LogP contribution in [0.4, 0.5) is 0 Å². The zero-order chi connectivity index (χ0) is 9.35. The summed E-state index contributed by atoms with van der Waals surface area (Å²) in [6, 6.07) is 0. The Morgan fingerprint density at radius 2 is 2.17 bits per heavy atom. The molecule has 2 unspecified atom stereocenters. The van der Waals surface area contributed by atoms with Crippen LogP contribution in [0.25, 0.3) is 0 Å². The summed E-state index contributed by atoms with van der Waals surface area (Å²) in [4.78, 5) is 10.4. The minimum Gasteiger partial charge on any atom is -0.508 e. The Hall–Kier alpha value is -1.33. The second-order valence-corrected chi connectivity index (χ2v) is 2.50. The van der Waals surface area contributed by atoms with Gasteiger partial charge >= 0.3 is 5.97 Å². The van der Waals surface area contributed by atoms with Crippen LogP contribution < -0.4 is 0 Å². The van der Waals surface area contributed by atoms with E-state index in [0.29, 0.717) is 0 Å². The minimum absolute atomic E-state index is 0.270. The number of carboxylic acids is 1. The molecule has 1 rings (SSSR count). The van der Waals surface area contributed by atoms with Crippen molar-refractivity contribution in [2.75, 3.05) is 0 Å². The lowest BCUT2D eigenvalue weighted by Crippen LogP contribution is -2.48. The van der Waals surface area contributed by atoms with E-state index < -0.39 is 17.7 Å². The lowest BCUT2D eigenvalue weighted by Gasteiger charge is -2.25. The van der Waals surface area contributed by atoms with Crippen molar-refractivity contribution in [1.29, 1.82) is 0 Å². The van der Waals surface area contributed by atoms with Gasteiger partial charge in [0.15, 0.2) is 0 Å². The summed E-state index contributed by atoms with van der Waals surface area (Å²) >= 11 is 0. The molecule has 2 atom stereocenters. The molecule has 1 aliphatic carbocycles. The molecule has 0 saturated carbocycles. The maximum absolute atomic E-state index is 10.4. The van der Waals surface area contributed by atoms with E-state index in [1.54, 1.807) is 0 Å². The number of carboxylic acid groups (broad SMARTS) is 1. The van der Waals surface area contributed by atoms with Gasteiger partial charge in [0, 0.05) is 0 Å². The first kappa shape index (κ1) is 8.76. The Morgan fingerprint density at radius 1 is 1.58 bits per heavy atom. The van der Waals surface area contributed by atoms with Crippen molar-refractivity contribution < 1.29 is 25.2 Å². The van der Waals surface area contributed by atoms with E-state index in [2.05, 4.69) is 0 Å². The van der Waals surface area contributed by atoms with E-state index in [1.165, 1.54) is 0 Å². The maximum atomic E-state index is 10.4. The van der Waals surface area contributed by atoms with Gasteiger partial charge < -0.3 is 20.4 Å². The molecule has 12 heavy (non-hydrogen) atoms. The second kappa shape index (κ2) is 2.62. The molecule has 0 aromatic carbocycles. The molecule has 0 saturated heterocycles. The molecule has 0 aliphatic heterocycles. The molecule has 5 nitrogen and oxygen atoms in total. The lowest BCUT2D eigenvalue weighted by molar-refractivity contribution is -0.160. The standard InChI is InChI=1S/C7H8O5/c8-4-1-2-7(12,6(10)11)5(9)3-4/h1-3,5,8-9,12H,(H,10,11). The molecular weight excluding hydrogens is 164 g/mol. The first-order valence-electron chi connectivity index (χ1n) is 3.20. The molecule has 0 fully saturated rings. The van der Waals surface area contributed by atoms with Crippen molar-refractivity contribution >= 4 is 5.97 Å². The number of hydrogen-bond donors (Lipinski definition) is 4. The average molecular weight is 172 g/mol. The Kier molecular flexibility index (Phi) is 1.91. The number of carbonyl (C=O) groups is 1. The van der Waals surface area contributed by atoms with Crippen LogP contribution in [0.5, 0.6) is 0 Å². The van der Waals surface area contributed by atoms with Crippen LogP contribution in [-0.4, -0.2) is 38.1 Å². The van der Waals surface area contributed by atoms with E-state index in [4.69, 9.17) is 15.3 Å². The summed E-state index contributed by atoms with van der Waals surface area (Å²) in [6.07, 6.45) is 1.07. The predicted molar refractivity (Wildman–Crippen MR) is 38.4 cm³/mol. The zero-order valence-corrected chi connectivity index (χ0v) is 6.01. The van der Waals surface area contributed by atoms with Gasteiger partial charge in [-0.15, -0.1) is 0 Å². The number of hydrogen-bond acceptors (Lipinski definition) is 4.